The van der Waals surface area contributed by atoms with Crippen LogP contribution in [-0.4, -0.2) is 5.60 Å². The van der Waals surface area contributed by atoms with Crippen LogP contribution in [0.3, 0.4) is 0 Å². The summed E-state index contributed by atoms with van der Waals surface area (Å²) in [6.07, 6.45) is 1.85. The summed E-state index contributed by atoms with van der Waals surface area (Å²) < 4.78 is 0. The average Bonchev–Trinajstić information content (AvgIpc) is 1.62. The van der Waals surface area contributed by atoms with E-state index in [4.69, 9.17) is 0 Å². The van der Waals surface area contributed by atoms with Gasteiger partial charge in [0.05, 0.1) is 0 Å². The van der Waals surface area contributed by atoms with Gasteiger partial charge in [0.15, 0.2) is 0 Å². The van der Waals surface area contributed by atoms with Crippen LogP contribution in [0.15, 0.2) is 11.6 Å². The molecule has 0 bridgehead atoms. The minimum Gasteiger partial charge on any atom is -0.225 e. The molecule has 0 aromatic rings. The highest BCUT2D eigenvalue weighted by molar-refractivity contribution is 5.08. The van der Waals surface area contributed by atoms with Crippen LogP contribution in [0.4, 0.5) is 0 Å². The van der Waals surface area contributed by atoms with Crippen LogP contribution in [0.2, 0.25) is 0 Å². The summed E-state index contributed by atoms with van der Waals surface area (Å²) in [5.41, 5.74) is 0.0203. The van der Waals surface area contributed by atoms with Gasteiger partial charge in [-0.15, -0.1) is 0 Å². The zero-order valence-electron chi connectivity index (χ0n) is 5.99. The summed E-state index contributed by atoms with van der Waals surface area (Å²) in [6.45, 7) is 7.08. The summed E-state index contributed by atoms with van der Waals surface area (Å²) in [5, 5.41) is 11.0. The Morgan fingerprint density at radius 3 is 1.88 bits per heavy atom. The molecular weight excluding hydrogens is 100 g/mol. The fraction of sp³-hybridized carbons (Fsp3) is 0.714. The van der Waals surface area contributed by atoms with Gasteiger partial charge in [0.25, 0.3) is 0 Å². The Kier molecular flexibility index (Phi) is 2.23. The minimum absolute atomic E-state index is 0.880. The molecule has 0 atom stereocenters. The van der Waals surface area contributed by atoms with Crippen molar-refractivity contribution in [2.75, 3.05) is 0 Å². The average molecular weight is 113 g/mol. The molecule has 0 saturated carbocycles. The molecule has 1 radical (unpaired) electrons. The second kappa shape index (κ2) is 2.31. The van der Waals surface area contributed by atoms with Crippen LogP contribution in [0, 0.1) is 0 Å². The largest absolute Gasteiger partial charge is 0.225 e. The Hall–Kier alpha value is -0.300. The summed E-state index contributed by atoms with van der Waals surface area (Å²) in [4.78, 5) is 0. The minimum atomic E-state index is -0.880. The third kappa shape index (κ3) is 2.12. The van der Waals surface area contributed by atoms with Crippen LogP contribution >= 0.6 is 0 Å². The van der Waals surface area contributed by atoms with Gasteiger partial charge in [0.1, 0.15) is 5.60 Å². The highest BCUT2D eigenvalue weighted by Crippen LogP contribution is 2.13. The molecule has 8 heavy (non-hydrogen) atoms. The van der Waals surface area contributed by atoms with Crippen molar-refractivity contribution in [1.82, 2.24) is 0 Å². The first-order valence-electron chi connectivity index (χ1n) is 2.82. The highest BCUT2D eigenvalue weighted by Gasteiger charge is 2.15. The first-order chi connectivity index (χ1) is 3.48. The molecule has 0 aliphatic carbocycles. The molecule has 0 rings (SSSR count). The second-order valence-corrected chi connectivity index (χ2v) is 2.48. The summed E-state index contributed by atoms with van der Waals surface area (Å²) in [6, 6.07) is 0. The molecule has 0 heterocycles. The van der Waals surface area contributed by atoms with Gasteiger partial charge in [0, 0.05) is 0 Å². The van der Waals surface area contributed by atoms with Gasteiger partial charge >= 0.3 is 0 Å². The van der Waals surface area contributed by atoms with Crippen molar-refractivity contribution in [3.63, 3.8) is 0 Å². The molecule has 0 amide bonds. The van der Waals surface area contributed by atoms with Crippen LogP contribution in [0.5, 0.6) is 0 Å². The Bertz CT molecular complexity index is 95.4. The van der Waals surface area contributed by atoms with E-state index >= 15 is 0 Å². The molecule has 0 aromatic carbocycles. The van der Waals surface area contributed by atoms with Crippen molar-refractivity contribution >= 4 is 0 Å². The van der Waals surface area contributed by atoms with Gasteiger partial charge in [-0.3, -0.25) is 0 Å². The van der Waals surface area contributed by atoms with E-state index in [9.17, 15) is 5.11 Å². The lowest BCUT2D eigenvalue weighted by Crippen LogP contribution is -2.17. The molecule has 0 N–H and O–H groups in total. The number of hydrogen-bond donors (Lipinski definition) is 0. The van der Waals surface area contributed by atoms with E-state index in [1.54, 1.807) is 13.8 Å². The number of allylic oxidation sites excluding steroid dienone is 1. The normalized spacial score (nSPS) is 14.4. The van der Waals surface area contributed by atoms with Gasteiger partial charge in [-0.2, -0.15) is 0 Å². The van der Waals surface area contributed by atoms with E-state index in [1.165, 1.54) is 0 Å². The first kappa shape index (κ1) is 7.70. The molecule has 1 nitrogen and oxygen atoms in total. The number of hydrogen-bond acceptors (Lipinski definition) is 0. The lowest BCUT2D eigenvalue weighted by Gasteiger charge is -2.13. The summed E-state index contributed by atoms with van der Waals surface area (Å²) in [7, 11) is 0. The van der Waals surface area contributed by atoms with Gasteiger partial charge in [0.2, 0.25) is 0 Å². The summed E-state index contributed by atoms with van der Waals surface area (Å²) in [5.74, 6) is 0. The standard InChI is InChI=1S/C7H13O/c1-5-6(2)7(3,4)8/h5H,1-4H3. The van der Waals surface area contributed by atoms with E-state index in [0.29, 0.717) is 0 Å². The van der Waals surface area contributed by atoms with Crippen LogP contribution in [0.25, 0.3) is 0 Å². The van der Waals surface area contributed by atoms with Crippen molar-refractivity contribution in [2.45, 2.75) is 33.3 Å². The molecule has 0 spiro atoms. The molecule has 47 valence electrons. The molecule has 0 saturated heterocycles. The van der Waals surface area contributed by atoms with Crippen molar-refractivity contribution in [1.29, 1.82) is 0 Å². The Balaban J connectivity index is 4.03. The molecule has 0 unspecified atom stereocenters. The third-order valence-electron chi connectivity index (χ3n) is 1.38. The molecule has 1 heteroatoms. The van der Waals surface area contributed by atoms with Crippen LogP contribution < -0.4 is 0 Å². The zero-order valence-corrected chi connectivity index (χ0v) is 5.99. The van der Waals surface area contributed by atoms with E-state index in [-0.39, 0.29) is 0 Å². The maximum absolute atomic E-state index is 11.0. The molecular formula is C7H13O. The predicted molar refractivity (Wildman–Crippen MR) is 34.2 cm³/mol. The molecule has 0 aliphatic heterocycles. The maximum atomic E-state index is 11.0. The monoisotopic (exact) mass is 113 g/mol. The highest BCUT2D eigenvalue weighted by atomic mass is 16.3. The van der Waals surface area contributed by atoms with Gasteiger partial charge < -0.3 is 0 Å². The van der Waals surface area contributed by atoms with Gasteiger partial charge in [-0.05, 0) is 33.3 Å². The SMILES string of the molecule is CC=C(C)C(C)(C)[O]. The van der Waals surface area contributed by atoms with Gasteiger partial charge in [-0.25, -0.2) is 5.11 Å². The van der Waals surface area contributed by atoms with E-state index in [1.807, 2.05) is 19.9 Å². The Labute approximate surface area is 51.0 Å². The van der Waals surface area contributed by atoms with Crippen LogP contribution in [-0.2, 0) is 5.11 Å². The smallest absolute Gasteiger partial charge is 0.119 e. The molecule has 0 aromatic heterocycles. The van der Waals surface area contributed by atoms with E-state index in [0.717, 1.165) is 5.57 Å². The van der Waals surface area contributed by atoms with Crippen molar-refractivity contribution in [3.05, 3.63) is 11.6 Å². The van der Waals surface area contributed by atoms with Crippen molar-refractivity contribution in [3.8, 4) is 0 Å². The van der Waals surface area contributed by atoms with Crippen molar-refractivity contribution in [2.24, 2.45) is 0 Å². The summed E-state index contributed by atoms with van der Waals surface area (Å²) >= 11 is 0. The third-order valence-corrected chi connectivity index (χ3v) is 1.38. The first-order valence-corrected chi connectivity index (χ1v) is 2.82. The van der Waals surface area contributed by atoms with Gasteiger partial charge in [-0.1, -0.05) is 6.08 Å². The van der Waals surface area contributed by atoms with Crippen molar-refractivity contribution < 1.29 is 5.11 Å². The quantitative estimate of drug-likeness (QED) is 0.464. The fourth-order valence-electron chi connectivity index (χ4n) is 0.348. The lowest BCUT2D eigenvalue weighted by molar-refractivity contribution is 0.0379. The van der Waals surface area contributed by atoms with E-state index < -0.39 is 5.60 Å². The number of rotatable bonds is 1. The Morgan fingerprint density at radius 2 is 1.88 bits per heavy atom. The second-order valence-electron chi connectivity index (χ2n) is 2.48. The predicted octanol–water partition coefficient (Wildman–Crippen LogP) is 2.16. The van der Waals surface area contributed by atoms with Crippen LogP contribution in [0.1, 0.15) is 27.7 Å². The van der Waals surface area contributed by atoms with E-state index in [2.05, 4.69) is 0 Å². The lowest BCUT2D eigenvalue weighted by atomic mass is 10.0. The fourth-order valence-corrected chi connectivity index (χ4v) is 0.348. The molecule has 0 aliphatic rings. The topological polar surface area (TPSA) is 19.9 Å². The zero-order chi connectivity index (χ0) is 6.78. The maximum Gasteiger partial charge on any atom is 0.119 e. The Morgan fingerprint density at radius 1 is 1.50 bits per heavy atom. The molecule has 0 fully saturated rings.